The zero-order valence-electron chi connectivity index (χ0n) is 36.9. The van der Waals surface area contributed by atoms with Gasteiger partial charge in [0.15, 0.2) is 0 Å². The summed E-state index contributed by atoms with van der Waals surface area (Å²) >= 11 is 0. The number of anilines is 1. The number of ether oxygens (including phenoxy) is 1. The molecule has 2 aromatic carbocycles. The summed E-state index contributed by atoms with van der Waals surface area (Å²) in [6.07, 6.45) is -0.733. The highest BCUT2D eigenvalue weighted by molar-refractivity contribution is 6.06. The lowest BCUT2D eigenvalue weighted by Crippen LogP contribution is -2.52. The third kappa shape index (κ3) is 4.53. The standard InChI is InChI=1S/C25H27FN4O4/c26-20-12-16(14-29-8-10-34-11-9-29)4-5-17(20)13-27-21-3-1-2-18-19(21)15-30(25(18)33)22-6-7-23(31)28-24(22)32/h1-5,12,22,27H,6-11,13-15H2,(H,28,31,32)/t22-/m1/s1/i1D,2D,3D,4D,5D,8D2,9D2,10D2,11D2,12D,13D2,14D2,15D2. The van der Waals surface area contributed by atoms with Crippen LogP contribution < -0.4 is 10.6 Å². The van der Waals surface area contributed by atoms with Gasteiger partial charge in [-0.05, 0) is 30.1 Å². The predicted molar refractivity (Wildman–Crippen MR) is 122 cm³/mol. The van der Waals surface area contributed by atoms with Crippen LogP contribution in [0.3, 0.4) is 0 Å². The highest BCUT2D eigenvalue weighted by Gasteiger charge is 2.39. The van der Waals surface area contributed by atoms with Crippen molar-refractivity contribution in [2.75, 3.05) is 31.4 Å². The van der Waals surface area contributed by atoms with E-state index >= 15 is 4.39 Å². The van der Waals surface area contributed by atoms with E-state index < -0.39 is 151 Å². The van der Waals surface area contributed by atoms with Crippen molar-refractivity contribution in [3.63, 3.8) is 0 Å². The molecular weight excluding hydrogens is 439 g/mol. The zero-order valence-corrected chi connectivity index (χ0v) is 16.9. The van der Waals surface area contributed by atoms with Gasteiger partial charge < -0.3 is 15.0 Å². The molecule has 0 aromatic heterocycles. The molecule has 0 unspecified atom stereocenters. The van der Waals surface area contributed by atoms with Crippen molar-refractivity contribution in [2.24, 2.45) is 0 Å². The van der Waals surface area contributed by atoms with Crippen molar-refractivity contribution in [1.29, 1.82) is 0 Å². The van der Waals surface area contributed by atoms with Crippen molar-refractivity contribution >= 4 is 23.4 Å². The first-order valence-electron chi connectivity index (χ1n) is 19.6. The molecule has 8 nitrogen and oxygen atoms in total. The molecule has 2 saturated heterocycles. The van der Waals surface area contributed by atoms with E-state index in [1.54, 1.807) is 0 Å². The van der Waals surface area contributed by atoms with Crippen LogP contribution >= 0.6 is 0 Å². The quantitative estimate of drug-likeness (QED) is 0.608. The van der Waals surface area contributed by atoms with E-state index in [0.717, 1.165) is 0 Å². The summed E-state index contributed by atoms with van der Waals surface area (Å²) in [5, 5.41) is 3.83. The fourth-order valence-electron chi connectivity index (χ4n) is 3.22. The van der Waals surface area contributed by atoms with Gasteiger partial charge in [0, 0.05) is 69.5 Å². The number of carbonyl (C=O) groups is 3. The maximum absolute atomic E-state index is 16.3. The lowest BCUT2D eigenvalue weighted by Gasteiger charge is -2.29. The number of rotatable bonds is 6. The molecule has 9 heteroatoms. The van der Waals surface area contributed by atoms with Crippen molar-refractivity contribution in [3.8, 4) is 0 Å². The second-order valence-electron chi connectivity index (χ2n) is 6.92. The third-order valence-corrected chi connectivity index (χ3v) is 4.78. The summed E-state index contributed by atoms with van der Waals surface area (Å²) in [7, 11) is 0. The molecule has 0 saturated carbocycles. The molecule has 3 amide bonds. The summed E-state index contributed by atoms with van der Waals surface area (Å²) in [5.74, 6) is -5.40. The number of hydrogen-bond donors (Lipinski definition) is 2. The Labute approximate surface area is 225 Å². The number of benzene rings is 2. The molecule has 3 aliphatic rings. The number of piperidine rings is 1. The van der Waals surface area contributed by atoms with E-state index in [1.807, 2.05) is 10.6 Å². The Balaban J connectivity index is 1.68. The average Bonchev–Trinajstić information content (AvgIpc) is 3.20. The topological polar surface area (TPSA) is 91.0 Å². The largest absolute Gasteiger partial charge is 0.381 e. The monoisotopic (exact) mass is 486 g/mol. The fourth-order valence-corrected chi connectivity index (χ4v) is 3.22. The first-order valence-corrected chi connectivity index (χ1v) is 9.64. The maximum Gasteiger partial charge on any atom is 0.255 e. The molecule has 0 aliphatic carbocycles. The van der Waals surface area contributed by atoms with Gasteiger partial charge >= 0.3 is 0 Å². The van der Waals surface area contributed by atoms with Crippen LogP contribution in [0.2, 0.25) is 0 Å². The first-order chi connectivity index (χ1) is 24.2. The van der Waals surface area contributed by atoms with Crippen LogP contribution in [0.5, 0.6) is 0 Å². The lowest BCUT2D eigenvalue weighted by molar-refractivity contribution is -0.136. The molecule has 5 rings (SSSR count). The molecule has 178 valence electrons. The minimum atomic E-state index is -4.07. The predicted octanol–water partition coefficient (Wildman–Crippen LogP) is 2.03. The molecule has 2 N–H and O–H groups in total. The molecule has 3 aliphatic heterocycles. The zero-order chi connectivity index (χ0) is 41.4. The molecule has 0 bridgehead atoms. The smallest absolute Gasteiger partial charge is 0.255 e. The number of nitrogens with one attached hydrogen (secondary N) is 2. The molecule has 3 heterocycles. The highest BCUT2D eigenvalue weighted by Crippen LogP contribution is 2.32. The van der Waals surface area contributed by atoms with Gasteiger partial charge in [-0.25, -0.2) is 4.39 Å². The summed E-state index contributed by atoms with van der Waals surface area (Å²) < 4.78 is 187. The number of hydrogen-bond acceptors (Lipinski definition) is 6. The Hall–Kier alpha value is -3.30. The number of carbonyl (C=O) groups excluding carboxylic acids is 3. The second kappa shape index (κ2) is 9.52. The molecular formula is C25H27FN4O4. The van der Waals surface area contributed by atoms with Gasteiger partial charge in [-0.15, -0.1) is 0 Å². The van der Waals surface area contributed by atoms with E-state index in [0.29, 0.717) is 4.90 Å². The van der Waals surface area contributed by atoms with E-state index in [1.165, 1.54) is 0 Å². The van der Waals surface area contributed by atoms with Crippen LogP contribution in [-0.2, 0) is 33.8 Å². The van der Waals surface area contributed by atoms with E-state index in [9.17, 15) is 14.4 Å². The number of nitrogens with zero attached hydrogens (tertiary/aromatic N) is 2. The molecule has 1 atom stereocenters. The Morgan fingerprint density at radius 1 is 1.24 bits per heavy atom. The average molecular weight is 487 g/mol. The number of amides is 3. The van der Waals surface area contributed by atoms with E-state index in [4.69, 9.17) is 27.4 Å². The summed E-state index contributed by atoms with van der Waals surface area (Å²) in [4.78, 5) is 37.6. The highest BCUT2D eigenvalue weighted by atomic mass is 19.1. The molecule has 0 radical (unpaired) electrons. The second-order valence-corrected chi connectivity index (χ2v) is 6.92. The van der Waals surface area contributed by atoms with Crippen molar-refractivity contribution in [3.05, 3.63) is 64.3 Å². The van der Waals surface area contributed by atoms with Crippen molar-refractivity contribution < 1.29 is 50.9 Å². The molecule has 0 spiro atoms. The van der Waals surface area contributed by atoms with Crippen molar-refractivity contribution in [2.45, 2.75) is 38.4 Å². The summed E-state index contributed by atoms with van der Waals surface area (Å²) in [6.45, 7) is -26.5. The fraction of sp³-hybridized carbons (Fsp3) is 0.400. The van der Waals surface area contributed by atoms with Crippen LogP contribution in [0.25, 0.3) is 0 Å². The van der Waals surface area contributed by atoms with Gasteiger partial charge in [0.25, 0.3) is 5.91 Å². The van der Waals surface area contributed by atoms with Crippen LogP contribution in [0.1, 0.15) is 67.3 Å². The van der Waals surface area contributed by atoms with Gasteiger partial charge in [0.1, 0.15) is 11.9 Å². The first kappa shape index (κ1) is 9.05. The minimum absolute atomic E-state index is 0.321. The Bertz CT molecular complexity index is 1970. The Morgan fingerprint density at radius 3 is 2.85 bits per heavy atom. The number of morpholine rings is 1. The lowest BCUT2D eigenvalue weighted by atomic mass is 10.0. The third-order valence-electron chi connectivity index (χ3n) is 4.78. The SMILES string of the molecule is [2H]c1c([2H])c(NC([2H])([2H])c2c([2H])c([2H])c(C([2H])([2H])N3C([2H])([2H])C([2H])([2H])OC([2H])([2H])C3([2H])[2H])c([2H])c2F)c2c(c1[2H])C(=O)N([C@@H]1CCC(=O)NC1=O)C2([2H])[2H]. The van der Waals surface area contributed by atoms with Crippen LogP contribution in [0.4, 0.5) is 10.1 Å². The molecule has 2 fully saturated rings. The van der Waals surface area contributed by atoms with Crippen LogP contribution in [0.15, 0.2) is 36.3 Å². The normalized spacial score (nSPS) is 37.7. The number of imide groups is 1. The Morgan fingerprint density at radius 2 is 2.06 bits per heavy atom. The van der Waals surface area contributed by atoms with Crippen LogP contribution in [0, 0.1) is 5.82 Å². The maximum atomic E-state index is 16.3. The van der Waals surface area contributed by atoms with Gasteiger partial charge in [-0.3, -0.25) is 24.6 Å². The van der Waals surface area contributed by atoms with Gasteiger partial charge in [-0.2, -0.15) is 0 Å². The summed E-state index contributed by atoms with van der Waals surface area (Å²) in [5.41, 5.74) is -6.28. The minimum Gasteiger partial charge on any atom is -0.381 e. The summed E-state index contributed by atoms with van der Waals surface area (Å²) in [6, 6.07) is -9.99. The van der Waals surface area contributed by atoms with Gasteiger partial charge in [0.2, 0.25) is 11.8 Å². The molecule has 2 aromatic rings. The Kier molecular flexibility index (Phi) is 2.53. The number of fused-ring (bicyclic) bond motifs is 1. The van der Waals surface area contributed by atoms with Gasteiger partial charge in [-0.1, -0.05) is 18.1 Å². The van der Waals surface area contributed by atoms with Crippen LogP contribution in [-0.4, -0.2) is 59.7 Å². The van der Waals surface area contributed by atoms with Crippen molar-refractivity contribution in [1.82, 2.24) is 15.1 Å². The molecule has 34 heavy (non-hydrogen) atoms. The van der Waals surface area contributed by atoms with E-state index in [-0.39, 0.29) is 6.42 Å². The number of halogens is 1. The van der Waals surface area contributed by atoms with Gasteiger partial charge in [0.05, 0.1) is 32.3 Å². The van der Waals surface area contributed by atoms with E-state index in [2.05, 4.69) is 4.74 Å².